The standard InChI is InChI=1S/C26H21ClN4O3.C3H9OP/c1-2-31-23-9-6-17(11-21(23)20(12-25(31)33)22-8-7-19(32)13-29-22)26(34,24-14-28-15-30-24)16-4-3-5-18(27)10-16;1-5(2,3)4/h3-15,32,34H,2H2,1H3,(H,28,30);1-3H3. The number of aromatic hydroxyl groups is 1. The van der Waals surface area contributed by atoms with Crippen LogP contribution in [0.25, 0.3) is 22.2 Å². The van der Waals surface area contributed by atoms with Crippen molar-refractivity contribution in [2.45, 2.75) is 19.1 Å². The van der Waals surface area contributed by atoms with Crippen molar-refractivity contribution >= 4 is 29.6 Å². The molecule has 3 aromatic heterocycles. The Balaban J connectivity index is 0.000000648. The quantitative estimate of drug-likeness (QED) is 0.236. The van der Waals surface area contributed by atoms with Gasteiger partial charge in [0.05, 0.1) is 42.8 Å². The normalized spacial score (nSPS) is 13.0. The first-order valence-corrected chi connectivity index (χ1v) is 15.7. The van der Waals surface area contributed by atoms with Crippen molar-refractivity contribution in [3.8, 4) is 17.0 Å². The zero-order chi connectivity index (χ0) is 28.4. The van der Waals surface area contributed by atoms with E-state index >= 15 is 0 Å². The van der Waals surface area contributed by atoms with Gasteiger partial charge in [-0.25, -0.2) is 4.98 Å². The maximum atomic E-state index is 12.9. The first-order chi connectivity index (χ1) is 18.4. The molecule has 0 radical (unpaired) electrons. The summed E-state index contributed by atoms with van der Waals surface area (Å²) in [6, 6.07) is 17.2. The molecule has 10 heteroatoms. The van der Waals surface area contributed by atoms with Gasteiger partial charge in [0.1, 0.15) is 5.75 Å². The number of nitrogens with zero attached hydrogens (tertiary/aromatic N) is 3. The zero-order valence-electron chi connectivity index (χ0n) is 22.1. The van der Waals surface area contributed by atoms with E-state index in [4.69, 9.17) is 11.6 Å². The Hall–Kier alpha value is -3.71. The molecule has 0 bridgehead atoms. The average Bonchev–Trinajstić information content (AvgIpc) is 3.43. The van der Waals surface area contributed by atoms with Crippen LogP contribution in [0.5, 0.6) is 5.75 Å². The third-order valence-electron chi connectivity index (χ3n) is 6.00. The SMILES string of the molecule is CCn1c(=O)cc(-c2ccc(O)cn2)c2cc(C(O)(c3cccc(Cl)c3)c3cnc[nH]3)ccc21.CP(C)(C)=O. The molecule has 0 aliphatic carbocycles. The molecule has 202 valence electrons. The van der Waals surface area contributed by atoms with Gasteiger partial charge >= 0.3 is 0 Å². The Bertz CT molecular complexity index is 1700. The second kappa shape index (κ2) is 11.2. The number of rotatable bonds is 5. The van der Waals surface area contributed by atoms with Gasteiger partial charge in [-0.15, -0.1) is 0 Å². The summed E-state index contributed by atoms with van der Waals surface area (Å²) in [6.07, 6.45) is 4.41. The second-order valence-electron chi connectivity index (χ2n) is 9.85. The van der Waals surface area contributed by atoms with Crippen molar-refractivity contribution in [1.29, 1.82) is 0 Å². The summed E-state index contributed by atoms with van der Waals surface area (Å²) < 4.78 is 11.9. The van der Waals surface area contributed by atoms with Gasteiger partial charge < -0.3 is 24.3 Å². The van der Waals surface area contributed by atoms with E-state index < -0.39 is 12.7 Å². The van der Waals surface area contributed by atoms with Crippen LogP contribution in [0.1, 0.15) is 23.7 Å². The summed E-state index contributed by atoms with van der Waals surface area (Å²) in [7, 11) is -1.64. The Kier molecular flexibility index (Phi) is 8.12. The molecule has 0 spiro atoms. The predicted molar refractivity (Wildman–Crippen MR) is 156 cm³/mol. The molecule has 0 saturated heterocycles. The van der Waals surface area contributed by atoms with E-state index in [-0.39, 0.29) is 11.3 Å². The van der Waals surface area contributed by atoms with Crippen molar-refractivity contribution < 1.29 is 14.8 Å². The monoisotopic (exact) mass is 564 g/mol. The zero-order valence-corrected chi connectivity index (χ0v) is 23.7. The molecular formula is C29H30ClN4O4P. The number of pyridine rings is 2. The molecule has 1 atom stereocenters. The highest BCUT2D eigenvalue weighted by molar-refractivity contribution is 7.61. The smallest absolute Gasteiger partial charge is 0.251 e. The summed E-state index contributed by atoms with van der Waals surface area (Å²) in [5, 5.41) is 23.0. The lowest BCUT2D eigenvalue weighted by Gasteiger charge is -2.29. The number of hydrogen-bond donors (Lipinski definition) is 3. The van der Waals surface area contributed by atoms with E-state index in [9.17, 15) is 19.6 Å². The fourth-order valence-electron chi connectivity index (χ4n) is 4.34. The van der Waals surface area contributed by atoms with Crippen LogP contribution >= 0.6 is 18.7 Å². The summed E-state index contributed by atoms with van der Waals surface area (Å²) in [5.41, 5.74) is 1.71. The van der Waals surface area contributed by atoms with Gasteiger partial charge in [-0.05, 0) is 74.4 Å². The van der Waals surface area contributed by atoms with E-state index in [0.717, 1.165) is 5.39 Å². The van der Waals surface area contributed by atoms with Crippen LogP contribution in [0, 0.1) is 0 Å². The molecule has 0 aliphatic heterocycles. The van der Waals surface area contributed by atoms with E-state index in [1.807, 2.05) is 19.1 Å². The summed E-state index contributed by atoms with van der Waals surface area (Å²) in [4.78, 5) is 24.3. The minimum absolute atomic E-state index is 0.0326. The van der Waals surface area contributed by atoms with Gasteiger partial charge in [-0.3, -0.25) is 9.78 Å². The summed E-state index contributed by atoms with van der Waals surface area (Å²) in [6.45, 7) is 7.62. The Morgan fingerprint density at radius 3 is 2.33 bits per heavy atom. The number of nitrogens with one attached hydrogen (secondary N) is 1. The van der Waals surface area contributed by atoms with Gasteiger partial charge in [0.15, 0.2) is 5.60 Å². The van der Waals surface area contributed by atoms with E-state index in [2.05, 4.69) is 15.0 Å². The molecular weight excluding hydrogens is 535 g/mol. The highest BCUT2D eigenvalue weighted by Gasteiger charge is 2.36. The van der Waals surface area contributed by atoms with Crippen LogP contribution in [0.3, 0.4) is 0 Å². The molecule has 5 rings (SSSR count). The first kappa shape index (κ1) is 28.3. The summed E-state index contributed by atoms with van der Waals surface area (Å²) >= 11 is 6.27. The number of imidazole rings is 1. The lowest BCUT2D eigenvalue weighted by Crippen LogP contribution is -2.29. The van der Waals surface area contributed by atoms with Crippen LogP contribution in [-0.2, 0) is 16.7 Å². The topological polar surface area (TPSA) is 121 Å². The lowest BCUT2D eigenvalue weighted by atomic mass is 9.83. The number of fused-ring (bicyclic) bond motifs is 1. The molecule has 0 fully saturated rings. The van der Waals surface area contributed by atoms with Crippen molar-refractivity contribution in [3.63, 3.8) is 0 Å². The number of H-pyrrole nitrogens is 1. The number of aliphatic hydroxyl groups is 1. The predicted octanol–water partition coefficient (Wildman–Crippen LogP) is 5.69. The van der Waals surface area contributed by atoms with E-state index in [1.165, 1.54) is 24.7 Å². The molecule has 3 heterocycles. The van der Waals surface area contributed by atoms with Gasteiger partial charge in [0.2, 0.25) is 0 Å². The fraction of sp³-hybridized carbons (Fsp3) is 0.207. The first-order valence-electron chi connectivity index (χ1n) is 12.2. The van der Waals surface area contributed by atoms with Crippen molar-refractivity contribution in [1.82, 2.24) is 19.5 Å². The van der Waals surface area contributed by atoms with Gasteiger partial charge in [0.25, 0.3) is 5.56 Å². The third kappa shape index (κ3) is 6.14. The molecule has 0 saturated carbocycles. The number of benzene rings is 2. The molecule has 0 amide bonds. The van der Waals surface area contributed by atoms with Crippen LogP contribution < -0.4 is 5.56 Å². The lowest BCUT2D eigenvalue weighted by molar-refractivity contribution is 0.121. The highest BCUT2D eigenvalue weighted by Crippen LogP contribution is 2.39. The van der Waals surface area contributed by atoms with Gasteiger partial charge in [0, 0.05) is 28.6 Å². The maximum Gasteiger partial charge on any atom is 0.251 e. The van der Waals surface area contributed by atoms with Gasteiger partial charge in [-0.1, -0.05) is 29.8 Å². The highest BCUT2D eigenvalue weighted by atomic mass is 35.5. The van der Waals surface area contributed by atoms with Crippen molar-refractivity contribution in [2.24, 2.45) is 0 Å². The number of halogens is 1. The van der Waals surface area contributed by atoms with Crippen molar-refractivity contribution in [2.75, 3.05) is 20.0 Å². The number of hydrogen-bond acceptors (Lipinski definition) is 6. The average molecular weight is 565 g/mol. The third-order valence-corrected chi connectivity index (χ3v) is 6.23. The van der Waals surface area contributed by atoms with Gasteiger partial charge in [-0.2, -0.15) is 0 Å². The van der Waals surface area contributed by atoms with Crippen LogP contribution in [0.15, 0.2) is 84.2 Å². The largest absolute Gasteiger partial charge is 0.506 e. The molecule has 8 nitrogen and oxygen atoms in total. The minimum atomic E-state index is -1.64. The molecule has 3 N–H and O–H groups in total. The Morgan fingerprint density at radius 2 is 1.74 bits per heavy atom. The second-order valence-corrected chi connectivity index (χ2v) is 14.1. The number of aryl methyl sites for hydroxylation is 1. The molecule has 1 unspecified atom stereocenters. The van der Waals surface area contributed by atoms with Crippen molar-refractivity contribution in [3.05, 3.63) is 112 Å². The minimum Gasteiger partial charge on any atom is -0.506 e. The Labute approximate surface area is 231 Å². The number of aromatic amines is 1. The molecule has 2 aromatic carbocycles. The van der Waals surface area contributed by atoms with Crippen LogP contribution in [-0.4, -0.2) is 49.7 Å². The Morgan fingerprint density at radius 1 is 1.03 bits per heavy atom. The summed E-state index contributed by atoms with van der Waals surface area (Å²) in [5.74, 6) is 0.0326. The van der Waals surface area contributed by atoms with E-state index in [1.54, 1.807) is 67.2 Å². The molecule has 39 heavy (non-hydrogen) atoms. The van der Waals surface area contributed by atoms with Crippen LogP contribution in [0.4, 0.5) is 0 Å². The maximum absolute atomic E-state index is 12.9. The fourth-order valence-corrected chi connectivity index (χ4v) is 4.53. The molecule has 0 aliphatic rings. The van der Waals surface area contributed by atoms with E-state index in [0.29, 0.717) is 45.2 Å². The molecule has 5 aromatic rings. The number of aromatic nitrogens is 4. The van der Waals surface area contributed by atoms with Crippen LogP contribution in [0.2, 0.25) is 5.02 Å².